The zero-order valence-electron chi connectivity index (χ0n) is 15.3. The van der Waals surface area contributed by atoms with E-state index in [1.54, 1.807) is 12.4 Å². The third-order valence-corrected chi connectivity index (χ3v) is 5.01. The van der Waals surface area contributed by atoms with Gasteiger partial charge in [-0.05, 0) is 48.7 Å². The van der Waals surface area contributed by atoms with Crippen molar-refractivity contribution in [3.05, 3.63) is 95.4 Å². The van der Waals surface area contributed by atoms with Crippen LogP contribution in [0.15, 0.2) is 73.2 Å². The Morgan fingerprint density at radius 2 is 1.78 bits per heavy atom. The van der Waals surface area contributed by atoms with Gasteiger partial charge in [-0.2, -0.15) is 0 Å². The molecule has 4 rings (SSSR count). The van der Waals surface area contributed by atoms with Gasteiger partial charge < -0.3 is 10.4 Å². The molecule has 0 fully saturated rings. The van der Waals surface area contributed by atoms with Gasteiger partial charge in [-0.25, -0.2) is 0 Å². The van der Waals surface area contributed by atoms with E-state index < -0.39 is 0 Å². The lowest BCUT2D eigenvalue weighted by molar-refractivity contribution is 0.471. The third kappa shape index (κ3) is 3.22. The highest BCUT2D eigenvalue weighted by Crippen LogP contribution is 2.36. The van der Waals surface area contributed by atoms with Gasteiger partial charge in [-0.3, -0.25) is 9.97 Å². The number of phenolic OH excluding ortho intramolecular Hbond substituents is 1. The fraction of sp³-hybridized carbons (Fsp3) is 0.130. The van der Waals surface area contributed by atoms with Gasteiger partial charge in [0.05, 0.1) is 6.04 Å². The molecule has 2 aromatic heterocycles. The molecule has 0 amide bonds. The van der Waals surface area contributed by atoms with E-state index in [0.717, 1.165) is 22.2 Å². The average molecular weight is 355 g/mol. The Morgan fingerprint density at radius 3 is 2.59 bits per heavy atom. The van der Waals surface area contributed by atoms with Crippen molar-refractivity contribution in [2.75, 3.05) is 5.32 Å². The van der Waals surface area contributed by atoms with E-state index in [0.29, 0.717) is 5.52 Å². The summed E-state index contributed by atoms with van der Waals surface area (Å²) in [5, 5.41) is 15.5. The number of nitrogens with zero attached hydrogens (tertiary/aromatic N) is 2. The molecule has 4 nitrogen and oxygen atoms in total. The molecule has 27 heavy (non-hydrogen) atoms. The van der Waals surface area contributed by atoms with E-state index in [9.17, 15) is 5.11 Å². The van der Waals surface area contributed by atoms with Crippen molar-refractivity contribution < 1.29 is 5.11 Å². The molecule has 0 aliphatic rings. The number of nitrogens with one attached hydrogen (secondary N) is 1. The van der Waals surface area contributed by atoms with Crippen LogP contribution in [-0.4, -0.2) is 15.1 Å². The predicted molar refractivity (Wildman–Crippen MR) is 109 cm³/mol. The minimum Gasteiger partial charge on any atom is -0.505 e. The van der Waals surface area contributed by atoms with Crippen molar-refractivity contribution in [1.82, 2.24) is 9.97 Å². The van der Waals surface area contributed by atoms with Gasteiger partial charge in [0.1, 0.15) is 11.3 Å². The highest BCUT2D eigenvalue weighted by molar-refractivity contribution is 5.86. The molecular formula is C23H21N3O. The Morgan fingerprint density at radius 1 is 0.926 bits per heavy atom. The summed E-state index contributed by atoms with van der Waals surface area (Å²) in [4.78, 5) is 8.63. The lowest BCUT2D eigenvalue weighted by atomic mass is 9.96. The topological polar surface area (TPSA) is 58.0 Å². The summed E-state index contributed by atoms with van der Waals surface area (Å²) in [6, 6.07) is 17.6. The minimum absolute atomic E-state index is 0.194. The van der Waals surface area contributed by atoms with Gasteiger partial charge in [-0.15, -0.1) is 0 Å². The summed E-state index contributed by atoms with van der Waals surface area (Å²) in [5.41, 5.74) is 5.79. The molecule has 0 unspecified atom stereocenters. The summed E-state index contributed by atoms with van der Waals surface area (Å²) in [7, 11) is 0. The zero-order chi connectivity index (χ0) is 18.8. The summed E-state index contributed by atoms with van der Waals surface area (Å²) in [6.07, 6.45) is 5.27. The van der Waals surface area contributed by atoms with Crippen molar-refractivity contribution in [2.24, 2.45) is 0 Å². The second kappa shape index (κ2) is 7.08. The molecule has 0 aliphatic carbocycles. The van der Waals surface area contributed by atoms with Gasteiger partial charge in [0.2, 0.25) is 0 Å². The summed E-state index contributed by atoms with van der Waals surface area (Å²) in [5.74, 6) is 0.194. The summed E-state index contributed by atoms with van der Waals surface area (Å²) >= 11 is 0. The SMILES string of the molecule is Cc1cccc(N[C@H](c2cccnc2)c2ccc3cccnc3c2O)c1C. The number of aryl methyl sites for hydroxylation is 1. The number of rotatable bonds is 4. The first-order chi connectivity index (χ1) is 13.1. The van der Waals surface area contributed by atoms with Crippen LogP contribution in [-0.2, 0) is 0 Å². The average Bonchev–Trinajstić information content (AvgIpc) is 2.71. The first kappa shape index (κ1) is 17.0. The summed E-state index contributed by atoms with van der Waals surface area (Å²) in [6.45, 7) is 4.19. The van der Waals surface area contributed by atoms with Crippen molar-refractivity contribution in [3.8, 4) is 5.75 Å². The first-order valence-corrected chi connectivity index (χ1v) is 8.94. The van der Waals surface area contributed by atoms with E-state index in [-0.39, 0.29) is 11.8 Å². The number of hydrogen-bond acceptors (Lipinski definition) is 4. The molecule has 0 spiro atoms. The third-order valence-electron chi connectivity index (χ3n) is 5.01. The molecule has 0 radical (unpaired) electrons. The first-order valence-electron chi connectivity index (χ1n) is 8.94. The van der Waals surface area contributed by atoms with Crippen LogP contribution in [0.3, 0.4) is 0 Å². The maximum absolute atomic E-state index is 11.0. The Labute approximate surface area is 158 Å². The molecule has 4 aromatic rings. The van der Waals surface area contributed by atoms with Crippen LogP contribution in [0.5, 0.6) is 5.75 Å². The normalized spacial score (nSPS) is 12.1. The quantitative estimate of drug-likeness (QED) is 0.531. The minimum atomic E-state index is -0.245. The van der Waals surface area contributed by atoms with Crippen molar-refractivity contribution in [3.63, 3.8) is 0 Å². The van der Waals surface area contributed by atoms with E-state index in [1.807, 2.05) is 48.7 Å². The van der Waals surface area contributed by atoms with Gasteiger partial charge in [0.15, 0.2) is 0 Å². The van der Waals surface area contributed by atoms with Gasteiger partial charge in [0, 0.05) is 35.2 Å². The van der Waals surface area contributed by atoms with Crippen LogP contribution in [0.1, 0.15) is 28.3 Å². The van der Waals surface area contributed by atoms with Crippen LogP contribution in [0.2, 0.25) is 0 Å². The van der Waals surface area contributed by atoms with Gasteiger partial charge in [0.25, 0.3) is 0 Å². The molecule has 2 N–H and O–H groups in total. The number of anilines is 1. The van der Waals surface area contributed by atoms with Crippen molar-refractivity contribution >= 4 is 16.6 Å². The molecule has 0 saturated heterocycles. The summed E-state index contributed by atoms with van der Waals surface area (Å²) < 4.78 is 0. The monoisotopic (exact) mass is 355 g/mol. The zero-order valence-corrected chi connectivity index (χ0v) is 15.3. The fourth-order valence-corrected chi connectivity index (χ4v) is 3.33. The molecule has 2 aromatic carbocycles. The highest BCUT2D eigenvalue weighted by Gasteiger charge is 2.20. The van der Waals surface area contributed by atoms with Gasteiger partial charge in [-0.1, -0.05) is 36.4 Å². The fourth-order valence-electron chi connectivity index (χ4n) is 3.33. The smallest absolute Gasteiger partial charge is 0.147 e. The number of aromatic hydroxyl groups is 1. The number of aromatic nitrogens is 2. The molecule has 2 heterocycles. The molecule has 0 aliphatic heterocycles. The molecule has 1 atom stereocenters. The number of pyridine rings is 2. The molecule has 4 heteroatoms. The lowest BCUT2D eigenvalue weighted by Crippen LogP contribution is -2.14. The lowest BCUT2D eigenvalue weighted by Gasteiger charge is -2.23. The Kier molecular flexibility index (Phi) is 4.47. The molecule has 0 saturated carbocycles. The molecule has 134 valence electrons. The van der Waals surface area contributed by atoms with Crippen LogP contribution < -0.4 is 5.32 Å². The number of hydrogen-bond donors (Lipinski definition) is 2. The Balaban J connectivity index is 1.86. The van der Waals surface area contributed by atoms with Gasteiger partial charge >= 0.3 is 0 Å². The maximum Gasteiger partial charge on any atom is 0.147 e. The van der Waals surface area contributed by atoms with Crippen molar-refractivity contribution in [2.45, 2.75) is 19.9 Å². The maximum atomic E-state index is 11.0. The second-order valence-electron chi connectivity index (χ2n) is 6.69. The number of benzene rings is 2. The number of phenols is 1. The molecular weight excluding hydrogens is 334 g/mol. The highest BCUT2D eigenvalue weighted by atomic mass is 16.3. The van der Waals surface area contributed by atoms with Crippen LogP contribution >= 0.6 is 0 Å². The Hall–Kier alpha value is -3.40. The Bertz CT molecular complexity index is 1090. The standard InChI is InChI=1S/C23H21N3O/c1-15-6-3-9-20(16(15)2)26-21(18-8-4-12-24-14-18)19-11-10-17-7-5-13-25-22(17)23(19)27/h3-14,21,26-27H,1-2H3/t21-/m1/s1. The van der Waals surface area contributed by atoms with E-state index in [4.69, 9.17) is 0 Å². The van der Waals surface area contributed by atoms with E-state index >= 15 is 0 Å². The largest absolute Gasteiger partial charge is 0.505 e. The second-order valence-corrected chi connectivity index (χ2v) is 6.69. The van der Waals surface area contributed by atoms with E-state index in [1.165, 1.54) is 11.1 Å². The van der Waals surface area contributed by atoms with Crippen molar-refractivity contribution in [1.29, 1.82) is 0 Å². The van der Waals surface area contributed by atoms with Crippen LogP contribution in [0.25, 0.3) is 10.9 Å². The van der Waals surface area contributed by atoms with Crippen LogP contribution in [0, 0.1) is 13.8 Å². The molecule has 0 bridgehead atoms. The number of fused-ring (bicyclic) bond motifs is 1. The van der Waals surface area contributed by atoms with Crippen LogP contribution in [0.4, 0.5) is 5.69 Å². The van der Waals surface area contributed by atoms with E-state index in [2.05, 4.69) is 41.3 Å². The predicted octanol–water partition coefficient (Wildman–Crippen LogP) is 5.15.